The minimum atomic E-state index is 0.206. The van der Waals surface area contributed by atoms with E-state index >= 15 is 0 Å². The fourth-order valence-corrected chi connectivity index (χ4v) is 4.75. The number of benzene rings is 1. The van der Waals surface area contributed by atoms with E-state index in [9.17, 15) is 0 Å². The molecule has 1 N–H and O–H groups in total. The van der Waals surface area contributed by atoms with Gasteiger partial charge < -0.3 is 15.0 Å². The number of nitrogens with zero attached hydrogens (tertiary/aromatic N) is 2. The molecule has 2 aliphatic rings. The Hall–Kier alpha value is -1.20. The number of hydrogen-bond acceptors (Lipinski definition) is 3. The third-order valence-electron chi connectivity index (χ3n) is 4.97. The summed E-state index contributed by atoms with van der Waals surface area (Å²) in [5.41, 5.74) is 1.29. The smallest absolute Gasteiger partial charge is 0.193 e. The molecule has 1 aromatic carbocycles. The molecule has 5 heteroatoms. The molecule has 3 atom stereocenters. The molecular weight excluding hydrogens is 318 g/mol. The molecule has 0 spiro atoms. The van der Waals surface area contributed by atoms with Crippen LogP contribution >= 0.6 is 11.8 Å². The number of hydrogen-bond donors (Lipinski definition) is 1. The number of thioether (sulfide) groups is 1. The lowest BCUT2D eigenvalue weighted by Gasteiger charge is -2.34. The standard InChI is InChI=1S/C19H29N3OS/c1-3-17-14-22(10-12-24-17)19(20-2)21-13-16-9-11-23-18(16)15-7-5-4-6-8-15/h4-8,16-18H,3,9-14H2,1-2H3,(H,20,21). The summed E-state index contributed by atoms with van der Waals surface area (Å²) in [6, 6.07) is 10.6. The van der Waals surface area contributed by atoms with Gasteiger partial charge >= 0.3 is 0 Å². The van der Waals surface area contributed by atoms with E-state index in [4.69, 9.17) is 4.74 Å². The maximum Gasteiger partial charge on any atom is 0.193 e. The molecule has 0 saturated carbocycles. The number of nitrogens with one attached hydrogen (secondary N) is 1. The van der Waals surface area contributed by atoms with Crippen molar-refractivity contribution in [3.8, 4) is 0 Å². The van der Waals surface area contributed by atoms with Gasteiger partial charge in [-0.15, -0.1) is 0 Å². The molecule has 3 unspecified atom stereocenters. The van der Waals surface area contributed by atoms with Gasteiger partial charge in [0.2, 0.25) is 0 Å². The zero-order chi connectivity index (χ0) is 16.8. The first-order chi connectivity index (χ1) is 11.8. The SMILES string of the molecule is CCC1CN(C(=NC)NCC2CCOC2c2ccccc2)CCS1. The third-order valence-corrected chi connectivity index (χ3v) is 6.34. The fourth-order valence-electron chi connectivity index (χ4n) is 3.57. The van der Waals surface area contributed by atoms with Crippen LogP contribution in [-0.2, 0) is 4.74 Å². The second kappa shape index (κ2) is 8.77. The first-order valence-corrected chi connectivity index (χ1v) is 10.1. The van der Waals surface area contributed by atoms with E-state index in [1.807, 2.05) is 7.05 Å². The summed E-state index contributed by atoms with van der Waals surface area (Å²) in [7, 11) is 1.89. The van der Waals surface area contributed by atoms with Crippen LogP contribution < -0.4 is 5.32 Å². The fraction of sp³-hybridized carbons (Fsp3) is 0.632. The Morgan fingerprint density at radius 3 is 2.96 bits per heavy atom. The van der Waals surface area contributed by atoms with Crippen LogP contribution in [-0.4, -0.2) is 55.2 Å². The van der Waals surface area contributed by atoms with E-state index in [0.29, 0.717) is 5.92 Å². The van der Waals surface area contributed by atoms with Gasteiger partial charge in [-0.1, -0.05) is 37.3 Å². The van der Waals surface area contributed by atoms with Crippen LogP contribution in [0.5, 0.6) is 0 Å². The average molecular weight is 348 g/mol. The summed E-state index contributed by atoms with van der Waals surface area (Å²) >= 11 is 2.09. The quantitative estimate of drug-likeness (QED) is 0.670. The van der Waals surface area contributed by atoms with Crippen molar-refractivity contribution in [1.29, 1.82) is 0 Å². The minimum absolute atomic E-state index is 0.206. The first-order valence-electron chi connectivity index (χ1n) is 9.05. The van der Waals surface area contributed by atoms with Gasteiger partial charge in [0, 0.05) is 50.2 Å². The van der Waals surface area contributed by atoms with Crippen molar-refractivity contribution in [3.05, 3.63) is 35.9 Å². The molecule has 0 radical (unpaired) electrons. The van der Waals surface area contributed by atoms with Crippen molar-refractivity contribution >= 4 is 17.7 Å². The highest BCUT2D eigenvalue weighted by molar-refractivity contribution is 8.00. The third kappa shape index (κ3) is 4.25. The highest BCUT2D eigenvalue weighted by Gasteiger charge is 2.30. The van der Waals surface area contributed by atoms with Gasteiger partial charge in [0.15, 0.2) is 5.96 Å². The molecule has 0 aromatic heterocycles. The van der Waals surface area contributed by atoms with E-state index in [1.165, 1.54) is 17.7 Å². The summed E-state index contributed by atoms with van der Waals surface area (Å²) in [5, 5.41) is 4.34. The highest BCUT2D eigenvalue weighted by atomic mass is 32.2. The number of ether oxygens (including phenoxy) is 1. The molecule has 0 aliphatic carbocycles. The zero-order valence-electron chi connectivity index (χ0n) is 14.8. The Bertz CT molecular complexity index is 537. The molecule has 2 heterocycles. The van der Waals surface area contributed by atoms with Crippen LogP contribution in [0.15, 0.2) is 35.3 Å². The van der Waals surface area contributed by atoms with Gasteiger partial charge in [0.05, 0.1) is 6.10 Å². The van der Waals surface area contributed by atoms with Gasteiger partial charge in [-0.2, -0.15) is 11.8 Å². The normalized spacial score (nSPS) is 28.2. The zero-order valence-corrected chi connectivity index (χ0v) is 15.6. The van der Waals surface area contributed by atoms with Crippen molar-refractivity contribution < 1.29 is 4.74 Å². The molecular formula is C19H29N3OS. The monoisotopic (exact) mass is 347 g/mol. The lowest BCUT2D eigenvalue weighted by Crippen LogP contribution is -2.49. The van der Waals surface area contributed by atoms with Gasteiger partial charge in [-0.25, -0.2) is 0 Å². The van der Waals surface area contributed by atoms with Crippen molar-refractivity contribution in [1.82, 2.24) is 10.2 Å². The summed E-state index contributed by atoms with van der Waals surface area (Å²) in [6.07, 6.45) is 2.54. The maximum atomic E-state index is 6.00. The van der Waals surface area contributed by atoms with Crippen LogP contribution in [0.2, 0.25) is 0 Å². The van der Waals surface area contributed by atoms with Crippen molar-refractivity contribution in [2.75, 3.05) is 39.0 Å². The summed E-state index contributed by atoms with van der Waals surface area (Å²) in [6.45, 7) is 6.24. The van der Waals surface area contributed by atoms with E-state index in [-0.39, 0.29) is 6.10 Å². The Kier molecular flexibility index (Phi) is 6.44. The molecule has 2 fully saturated rings. The number of aliphatic imine (C=N–C) groups is 1. The Morgan fingerprint density at radius 1 is 1.38 bits per heavy atom. The van der Waals surface area contributed by atoms with E-state index in [2.05, 4.69) is 64.2 Å². The summed E-state index contributed by atoms with van der Waals surface area (Å²) in [5.74, 6) is 2.75. The predicted molar refractivity (Wildman–Crippen MR) is 103 cm³/mol. The molecule has 2 aliphatic heterocycles. The number of rotatable bonds is 4. The van der Waals surface area contributed by atoms with Gasteiger partial charge in [-0.05, 0) is 18.4 Å². The molecule has 24 heavy (non-hydrogen) atoms. The van der Waals surface area contributed by atoms with Gasteiger partial charge in [0.1, 0.15) is 0 Å². The van der Waals surface area contributed by atoms with Crippen molar-refractivity contribution in [2.24, 2.45) is 10.9 Å². The van der Waals surface area contributed by atoms with Gasteiger partial charge in [-0.3, -0.25) is 4.99 Å². The molecule has 132 valence electrons. The Labute approximate surface area is 150 Å². The topological polar surface area (TPSA) is 36.9 Å². The van der Waals surface area contributed by atoms with Crippen LogP contribution in [0.25, 0.3) is 0 Å². The van der Waals surface area contributed by atoms with Crippen molar-refractivity contribution in [2.45, 2.75) is 31.1 Å². The Morgan fingerprint density at radius 2 is 2.21 bits per heavy atom. The summed E-state index contributed by atoms with van der Waals surface area (Å²) in [4.78, 5) is 6.94. The van der Waals surface area contributed by atoms with Crippen molar-refractivity contribution in [3.63, 3.8) is 0 Å². The molecule has 0 bridgehead atoms. The molecule has 4 nitrogen and oxygen atoms in total. The van der Waals surface area contributed by atoms with E-state index < -0.39 is 0 Å². The lowest BCUT2D eigenvalue weighted by molar-refractivity contribution is 0.0913. The maximum absolute atomic E-state index is 6.00. The second-order valence-electron chi connectivity index (χ2n) is 6.53. The van der Waals surface area contributed by atoms with Crippen LogP contribution in [0, 0.1) is 5.92 Å². The predicted octanol–water partition coefficient (Wildman–Crippen LogP) is 3.17. The second-order valence-corrected chi connectivity index (χ2v) is 7.93. The largest absolute Gasteiger partial charge is 0.373 e. The molecule has 3 rings (SSSR count). The van der Waals surface area contributed by atoms with Crippen LogP contribution in [0.1, 0.15) is 31.4 Å². The van der Waals surface area contributed by atoms with E-state index in [0.717, 1.165) is 43.9 Å². The summed E-state index contributed by atoms with van der Waals surface area (Å²) < 4.78 is 6.00. The van der Waals surface area contributed by atoms with E-state index in [1.54, 1.807) is 0 Å². The average Bonchev–Trinajstić information content (AvgIpc) is 3.12. The first kappa shape index (κ1) is 17.6. The van der Waals surface area contributed by atoms with Crippen LogP contribution in [0.3, 0.4) is 0 Å². The molecule has 0 amide bonds. The highest BCUT2D eigenvalue weighted by Crippen LogP contribution is 2.34. The Balaban J connectivity index is 1.57. The lowest BCUT2D eigenvalue weighted by atomic mass is 9.95. The van der Waals surface area contributed by atoms with Gasteiger partial charge in [0.25, 0.3) is 0 Å². The minimum Gasteiger partial charge on any atom is -0.373 e. The number of guanidine groups is 1. The molecule has 1 aromatic rings. The van der Waals surface area contributed by atoms with Crippen LogP contribution in [0.4, 0.5) is 0 Å². The molecule has 2 saturated heterocycles.